The first-order valence-corrected chi connectivity index (χ1v) is 5.65. The molecule has 1 aromatic rings. The molecule has 1 aromatic carbocycles. The van der Waals surface area contributed by atoms with E-state index in [1.807, 2.05) is 13.8 Å². The predicted octanol–water partition coefficient (Wildman–Crippen LogP) is 2.59. The molecular formula is C13H17FO2. The molecule has 0 amide bonds. The van der Waals surface area contributed by atoms with Gasteiger partial charge in [-0.25, -0.2) is 4.39 Å². The van der Waals surface area contributed by atoms with Gasteiger partial charge in [-0.05, 0) is 26.3 Å². The van der Waals surface area contributed by atoms with Gasteiger partial charge in [0.2, 0.25) is 0 Å². The molecule has 0 spiro atoms. The van der Waals surface area contributed by atoms with E-state index in [4.69, 9.17) is 4.74 Å². The van der Waals surface area contributed by atoms with Crippen LogP contribution in [-0.4, -0.2) is 17.8 Å². The molecule has 1 aliphatic rings. The van der Waals surface area contributed by atoms with Crippen LogP contribution in [0.1, 0.15) is 30.6 Å². The molecule has 16 heavy (non-hydrogen) atoms. The first kappa shape index (κ1) is 11.6. The van der Waals surface area contributed by atoms with Crippen LogP contribution in [0.2, 0.25) is 0 Å². The summed E-state index contributed by atoms with van der Waals surface area (Å²) in [6, 6.07) is 4.83. The number of aliphatic hydroxyl groups is 1. The van der Waals surface area contributed by atoms with Crippen molar-refractivity contribution < 1.29 is 14.2 Å². The monoisotopic (exact) mass is 224 g/mol. The van der Waals surface area contributed by atoms with E-state index in [-0.39, 0.29) is 17.8 Å². The average molecular weight is 224 g/mol. The highest BCUT2D eigenvalue weighted by Gasteiger charge is 2.32. The minimum atomic E-state index is -0.766. The van der Waals surface area contributed by atoms with E-state index in [2.05, 4.69) is 0 Å². The fourth-order valence-electron chi connectivity index (χ4n) is 2.28. The maximum absolute atomic E-state index is 13.6. The van der Waals surface area contributed by atoms with Crippen molar-refractivity contribution in [3.63, 3.8) is 0 Å². The maximum Gasteiger partial charge on any atom is 0.129 e. The number of halogens is 1. The van der Waals surface area contributed by atoms with Crippen LogP contribution in [0.4, 0.5) is 4.39 Å². The van der Waals surface area contributed by atoms with Crippen molar-refractivity contribution in [1.29, 1.82) is 0 Å². The molecule has 1 heterocycles. The van der Waals surface area contributed by atoms with E-state index in [9.17, 15) is 9.50 Å². The lowest BCUT2D eigenvalue weighted by Gasteiger charge is -2.21. The summed E-state index contributed by atoms with van der Waals surface area (Å²) in [6.45, 7) is 4.47. The lowest BCUT2D eigenvalue weighted by Crippen LogP contribution is -2.20. The molecule has 1 fully saturated rings. The van der Waals surface area contributed by atoms with E-state index in [0.29, 0.717) is 12.2 Å². The standard InChI is InChI=1S/C13H17FO2/c1-8-3-4-12(14)11(7-8)13(15)10-5-6-16-9(10)2/h3-4,7,9-10,13,15H,5-6H2,1-2H3. The summed E-state index contributed by atoms with van der Waals surface area (Å²) >= 11 is 0. The molecule has 1 aliphatic heterocycles. The Morgan fingerprint density at radius 1 is 1.50 bits per heavy atom. The van der Waals surface area contributed by atoms with Crippen molar-refractivity contribution in [1.82, 2.24) is 0 Å². The van der Waals surface area contributed by atoms with Crippen LogP contribution >= 0.6 is 0 Å². The van der Waals surface area contributed by atoms with Crippen LogP contribution in [0.25, 0.3) is 0 Å². The zero-order valence-electron chi connectivity index (χ0n) is 9.61. The van der Waals surface area contributed by atoms with E-state index in [1.165, 1.54) is 6.07 Å². The van der Waals surface area contributed by atoms with E-state index in [1.54, 1.807) is 12.1 Å². The normalized spacial score (nSPS) is 27.0. The van der Waals surface area contributed by atoms with Crippen molar-refractivity contribution >= 4 is 0 Å². The van der Waals surface area contributed by atoms with Gasteiger partial charge in [-0.2, -0.15) is 0 Å². The van der Waals surface area contributed by atoms with Crippen molar-refractivity contribution in [3.8, 4) is 0 Å². The minimum Gasteiger partial charge on any atom is -0.388 e. The second kappa shape index (κ2) is 4.52. The first-order valence-electron chi connectivity index (χ1n) is 5.65. The van der Waals surface area contributed by atoms with E-state index < -0.39 is 6.10 Å². The molecule has 3 unspecified atom stereocenters. The second-order valence-corrected chi connectivity index (χ2v) is 4.50. The summed E-state index contributed by atoms with van der Waals surface area (Å²) in [7, 11) is 0. The Kier molecular flexibility index (Phi) is 3.26. The Morgan fingerprint density at radius 3 is 2.88 bits per heavy atom. The first-order chi connectivity index (χ1) is 7.59. The Bertz CT molecular complexity index is 378. The molecule has 0 aromatic heterocycles. The van der Waals surface area contributed by atoms with Gasteiger partial charge in [0, 0.05) is 18.1 Å². The van der Waals surface area contributed by atoms with Crippen LogP contribution in [0, 0.1) is 18.7 Å². The maximum atomic E-state index is 13.6. The lowest BCUT2D eigenvalue weighted by molar-refractivity contribution is 0.0414. The summed E-state index contributed by atoms with van der Waals surface area (Å²) < 4.78 is 19.0. The highest BCUT2D eigenvalue weighted by Crippen LogP contribution is 2.34. The molecule has 0 radical (unpaired) electrons. The van der Waals surface area contributed by atoms with E-state index >= 15 is 0 Å². The molecule has 2 nitrogen and oxygen atoms in total. The summed E-state index contributed by atoms with van der Waals surface area (Å²) in [5.74, 6) is -0.339. The predicted molar refractivity (Wildman–Crippen MR) is 59.6 cm³/mol. The lowest BCUT2D eigenvalue weighted by atomic mass is 9.90. The number of aliphatic hydroxyl groups excluding tert-OH is 1. The van der Waals surface area contributed by atoms with Gasteiger partial charge >= 0.3 is 0 Å². The van der Waals surface area contributed by atoms with Gasteiger partial charge in [-0.15, -0.1) is 0 Å². The number of hydrogen-bond acceptors (Lipinski definition) is 2. The van der Waals surface area contributed by atoms with Crippen LogP contribution in [0.3, 0.4) is 0 Å². The van der Waals surface area contributed by atoms with Gasteiger partial charge in [0.1, 0.15) is 5.82 Å². The Balaban J connectivity index is 2.25. The molecule has 0 aliphatic carbocycles. The van der Waals surface area contributed by atoms with Crippen molar-refractivity contribution in [2.24, 2.45) is 5.92 Å². The van der Waals surface area contributed by atoms with Gasteiger partial charge in [0.15, 0.2) is 0 Å². The summed E-state index contributed by atoms with van der Waals surface area (Å²) in [6.07, 6.45) is 0.0164. The van der Waals surface area contributed by atoms with Crippen LogP contribution in [0.5, 0.6) is 0 Å². The third kappa shape index (κ3) is 2.11. The zero-order valence-corrected chi connectivity index (χ0v) is 9.61. The molecule has 0 saturated carbocycles. The number of hydrogen-bond donors (Lipinski definition) is 1. The number of aryl methyl sites for hydroxylation is 1. The topological polar surface area (TPSA) is 29.5 Å². The molecule has 88 valence electrons. The van der Waals surface area contributed by atoms with Crippen LogP contribution in [-0.2, 0) is 4.74 Å². The molecule has 3 heteroatoms. The van der Waals surface area contributed by atoms with Gasteiger partial charge in [-0.1, -0.05) is 17.7 Å². The fraction of sp³-hybridized carbons (Fsp3) is 0.538. The van der Waals surface area contributed by atoms with E-state index in [0.717, 1.165) is 12.0 Å². The van der Waals surface area contributed by atoms with Crippen LogP contribution in [0.15, 0.2) is 18.2 Å². The molecular weight excluding hydrogens is 207 g/mol. The quantitative estimate of drug-likeness (QED) is 0.836. The van der Waals surface area contributed by atoms with Gasteiger partial charge < -0.3 is 9.84 Å². The molecule has 1 N–H and O–H groups in total. The molecule has 3 atom stereocenters. The average Bonchev–Trinajstić information content (AvgIpc) is 2.67. The smallest absolute Gasteiger partial charge is 0.129 e. The third-order valence-corrected chi connectivity index (χ3v) is 3.31. The molecule has 2 rings (SSSR count). The van der Waals surface area contributed by atoms with Crippen molar-refractivity contribution in [2.75, 3.05) is 6.61 Å². The molecule has 0 bridgehead atoms. The Labute approximate surface area is 95.1 Å². The molecule has 1 saturated heterocycles. The van der Waals surface area contributed by atoms with Gasteiger partial charge in [0.25, 0.3) is 0 Å². The largest absolute Gasteiger partial charge is 0.388 e. The summed E-state index contributed by atoms with van der Waals surface area (Å²) in [4.78, 5) is 0. The van der Waals surface area contributed by atoms with Gasteiger partial charge in [0.05, 0.1) is 12.2 Å². The highest BCUT2D eigenvalue weighted by molar-refractivity contribution is 5.26. The van der Waals surface area contributed by atoms with Crippen LogP contribution < -0.4 is 0 Å². The second-order valence-electron chi connectivity index (χ2n) is 4.50. The van der Waals surface area contributed by atoms with Crippen molar-refractivity contribution in [2.45, 2.75) is 32.5 Å². The minimum absolute atomic E-state index is 0.00343. The van der Waals surface area contributed by atoms with Crippen molar-refractivity contribution in [3.05, 3.63) is 35.1 Å². The Hall–Kier alpha value is -0.930. The summed E-state index contributed by atoms with van der Waals surface area (Å²) in [5.41, 5.74) is 1.35. The third-order valence-electron chi connectivity index (χ3n) is 3.31. The summed E-state index contributed by atoms with van der Waals surface area (Å²) in [5, 5.41) is 10.2. The zero-order chi connectivity index (χ0) is 11.7. The number of benzene rings is 1. The fourth-order valence-corrected chi connectivity index (χ4v) is 2.28. The number of rotatable bonds is 2. The van der Waals surface area contributed by atoms with Gasteiger partial charge in [-0.3, -0.25) is 0 Å². The SMILES string of the molecule is Cc1ccc(F)c(C(O)C2CCOC2C)c1. The highest BCUT2D eigenvalue weighted by atomic mass is 19.1. The Morgan fingerprint density at radius 2 is 2.25 bits per heavy atom. The number of ether oxygens (including phenoxy) is 1.